The SMILES string of the molecule is COc1ccc2cnc(-c3cccc(C)c3)n2c1. The topological polar surface area (TPSA) is 26.5 Å². The number of aryl methyl sites for hydroxylation is 1. The lowest BCUT2D eigenvalue weighted by Crippen LogP contribution is -1.91. The summed E-state index contributed by atoms with van der Waals surface area (Å²) in [4.78, 5) is 4.49. The highest BCUT2D eigenvalue weighted by Crippen LogP contribution is 2.23. The van der Waals surface area contributed by atoms with Crippen molar-refractivity contribution in [2.24, 2.45) is 0 Å². The van der Waals surface area contributed by atoms with Crippen LogP contribution in [-0.4, -0.2) is 16.5 Å². The number of pyridine rings is 1. The van der Waals surface area contributed by atoms with Gasteiger partial charge in [-0.1, -0.05) is 23.8 Å². The molecule has 0 N–H and O–H groups in total. The molecular weight excluding hydrogens is 224 g/mol. The van der Waals surface area contributed by atoms with Crippen molar-refractivity contribution in [3.63, 3.8) is 0 Å². The fourth-order valence-electron chi connectivity index (χ4n) is 2.09. The van der Waals surface area contributed by atoms with E-state index in [0.717, 1.165) is 22.7 Å². The lowest BCUT2D eigenvalue weighted by atomic mass is 10.1. The third kappa shape index (κ3) is 1.74. The largest absolute Gasteiger partial charge is 0.495 e. The van der Waals surface area contributed by atoms with E-state index in [9.17, 15) is 0 Å². The van der Waals surface area contributed by atoms with E-state index in [2.05, 4.69) is 30.1 Å². The van der Waals surface area contributed by atoms with Gasteiger partial charge in [0.25, 0.3) is 0 Å². The number of ether oxygens (including phenoxy) is 1. The Kier molecular flexibility index (Phi) is 2.52. The molecule has 90 valence electrons. The van der Waals surface area contributed by atoms with E-state index in [-0.39, 0.29) is 0 Å². The Hall–Kier alpha value is -2.29. The number of fused-ring (bicyclic) bond motifs is 1. The Morgan fingerprint density at radius 3 is 2.83 bits per heavy atom. The van der Waals surface area contributed by atoms with Gasteiger partial charge in [-0.15, -0.1) is 0 Å². The van der Waals surface area contributed by atoms with Gasteiger partial charge in [-0.05, 0) is 25.1 Å². The first-order valence-corrected chi connectivity index (χ1v) is 5.86. The number of aromatic nitrogens is 2. The number of nitrogens with zero attached hydrogens (tertiary/aromatic N) is 2. The maximum absolute atomic E-state index is 5.26. The minimum atomic E-state index is 0.828. The van der Waals surface area contributed by atoms with Crippen LogP contribution in [0.15, 0.2) is 48.8 Å². The van der Waals surface area contributed by atoms with E-state index in [0.29, 0.717) is 0 Å². The van der Waals surface area contributed by atoms with Crippen molar-refractivity contribution in [1.29, 1.82) is 0 Å². The van der Waals surface area contributed by atoms with Crippen LogP contribution in [-0.2, 0) is 0 Å². The van der Waals surface area contributed by atoms with Crippen LogP contribution in [0, 0.1) is 6.92 Å². The van der Waals surface area contributed by atoms with Crippen molar-refractivity contribution in [2.75, 3.05) is 7.11 Å². The molecule has 0 aliphatic heterocycles. The fourth-order valence-corrected chi connectivity index (χ4v) is 2.09. The van der Waals surface area contributed by atoms with Gasteiger partial charge in [-0.2, -0.15) is 0 Å². The smallest absolute Gasteiger partial charge is 0.144 e. The van der Waals surface area contributed by atoms with Gasteiger partial charge in [-0.25, -0.2) is 4.98 Å². The van der Waals surface area contributed by atoms with E-state index in [1.165, 1.54) is 5.56 Å². The zero-order chi connectivity index (χ0) is 12.5. The first kappa shape index (κ1) is 10.8. The zero-order valence-corrected chi connectivity index (χ0v) is 10.4. The van der Waals surface area contributed by atoms with E-state index in [1.54, 1.807) is 7.11 Å². The molecule has 0 amide bonds. The first-order valence-electron chi connectivity index (χ1n) is 5.86. The highest BCUT2D eigenvalue weighted by molar-refractivity contribution is 5.63. The van der Waals surface area contributed by atoms with Crippen molar-refractivity contribution in [1.82, 2.24) is 9.38 Å². The van der Waals surface area contributed by atoms with E-state index in [1.807, 2.05) is 35.0 Å². The lowest BCUT2D eigenvalue weighted by Gasteiger charge is -2.05. The van der Waals surface area contributed by atoms with Crippen LogP contribution in [0.4, 0.5) is 0 Å². The van der Waals surface area contributed by atoms with Crippen molar-refractivity contribution in [2.45, 2.75) is 6.92 Å². The Bertz CT molecular complexity index is 701. The van der Waals surface area contributed by atoms with Gasteiger partial charge >= 0.3 is 0 Å². The van der Waals surface area contributed by atoms with Crippen LogP contribution in [0.2, 0.25) is 0 Å². The molecule has 3 nitrogen and oxygen atoms in total. The molecule has 3 rings (SSSR count). The van der Waals surface area contributed by atoms with Crippen molar-refractivity contribution in [3.8, 4) is 17.1 Å². The maximum atomic E-state index is 5.26. The molecule has 0 unspecified atom stereocenters. The second-order valence-corrected chi connectivity index (χ2v) is 4.32. The highest BCUT2D eigenvalue weighted by Gasteiger charge is 2.07. The molecule has 0 aliphatic rings. The number of benzene rings is 1. The normalized spacial score (nSPS) is 10.8. The Balaban J connectivity index is 2.22. The van der Waals surface area contributed by atoms with Crippen molar-refractivity contribution < 1.29 is 4.74 Å². The number of imidazole rings is 1. The number of rotatable bonds is 2. The predicted octanol–water partition coefficient (Wildman–Crippen LogP) is 3.32. The van der Waals surface area contributed by atoms with Crippen LogP contribution in [0.3, 0.4) is 0 Å². The summed E-state index contributed by atoms with van der Waals surface area (Å²) in [7, 11) is 1.67. The second-order valence-electron chi connectivity index (χ2n) is 4.32. The number of hydrogen-bond acceptors (Lipinski definition) is 2. The summed E-state index contributed by atoms with van der Waals surface area (Å²) in [5.74, 6) is 1.77. The van der Waals surface area contributed by atoms with Gasteiger partial charge in [0.15, 0.2) is 0 Å². The minimum absolute atomic E-state index is 0.828. The molecule has 2 aromatic heterocycles. The Morgan fingerprint density at radius 2 is 2.06 bits per heavy atom. The zero-order valence-electron chi connectivity index (χ0n) is 10.4. The monoisotopic (exact) mass is 238 g/mol. The summed E-state index contributed by atoms with van der Waals surface area (Å²) < 4.78 is 7.31. The Labute approximate surface area is 106 Å². The van der Waals surface area contributed by atoms with Crippen molar-refractivity contribution >= 4 is 5.52 Å². The van der Waals surface area contributed by atoms with Crippen LogP contribution in [0.1, 0.15) is 5.56 Å². The molecule has 3 heteroatoms. The molecule has 0 saturated carbocycles. The van der Waals surface area contributed by atoms with Crippen LogP contribution in [0.5, 0.6) is 5.75 Å². The van der Waals surface area contributed by atoms with Gasteiger partial charge in [0.05, 0.1) is 25.0 Å². The van der Waals surface area contributed by atoms with Crippen LogP contribution < -0.4 is 4.74 Å². The second kappa shape index (κ2) is 4.18. The summed E-state index contributed by atoms with van der Waals surface area (Å²) in [5.41, 5.74) is 3.41. The predicted molar refractivity (Wildman–Crippen MR) is 71.9 cm³/mol. The molecule has 0 bridgehead atoms. The van der Waals surface area contributed by atoms with Crippen LogP contribution in [0.25, 0.3) is 16.9 Å². The molecule has 0 spiro atoms. The minimum Gasteiger partial charge on any atom is -0.495 e. The molecule has 2 heterocycles. The van der Waals surface area contributed by atoms with Gasteiger partial charge < -0.3 is 4.74 Å². The Morgan fingerprint density at radius 1 is 1.17 bits per heavy atom. The summed E-state index contributed by atoms with van der Waals surface area (Å²) in [6.45, 7) is 2.08. The maximum Gasteiger partial charge on any atom is 0.144 e. The molecule has 0 fully saturated rings. The van der Waals surface area contributed by atoms with E-state index >= 15 is 0 Å². The van der Waals surface area contributed by atoms with Gasteiger partial charge in [0, 0.05) is 5.56 Å². The molecule has 0 atom stereocenters. The summed E-state index contributed by atoms with van der Waals surface area (Å²) in [5, 5.41) is 0. The molecular formula is C15H14N2O. The summed E-state index contributed by atoms with van der Waals surface area (Å²) in [6.07, 6.45) is 3.83. The molecule has 18 heavy (non-hydrogen) atoms. The lowest BCUT2D eigenvalue weighted by molar-refractivity contribution is 0.412. The quantitative estimate of drug-likeness (QED) is 0.684. The fraction of sp³-hybridized carbons (Fsp3) is 0.133. The van der Waals surface area contributed by atoms with Gasteiger partial charge in [0.1, 0.15) is 11.6 Å². The molecule has 1 aromatic carbocycles. The van der Waals surface area contributed by atoms with Crippen LogP contribution >= 0.6 is 0 Å². The number of methoxy groups -OCH3 is 1. The molecule has 3 aromatic rings. The standard InChI is InChI=1S/C15H14N2O/c1-11-4-3-5-12(8-11)15-16-9-13-6-7-14(18-2)10-17(13)15/h3-10H,1-2H3. The summed E-state index contributed by atoms with van der Waals surface area (Å²) in [6, 6.07) is 12.3. The third-order valence-corrected chi connectivity index (χ3v) is 3.01. The third-order valence-electron chi connectivity index (χ3n) is 3.01. The molecule has 0 saturated heterocycles. The van der Waals surface area contributed by atoms with Gasteiger partial charge in [-0.3, -0.25) is 4.40 Å². The van der Waals surface area contributed by atoms with Crippen molar-refractivity contribution in [3.05, 3.63) is 54.4 Å². The van der Waals surface area contributed by atoms with Gasteiger partial charge in [0.2, 0.25) is 0 Å². The summed E-state index contributed by atoms with van der Waals surface area (Å²) >= 11 is 0. The van der Waals surface area contributed by atoms with E-state index in [4.69, 9.17) is 4.74 Å². The number of hydrogen-bond donors (Lipinski definition) is 0. The average molecular weight is 238 g/mol. The average Bonchev–Trinajstić information content (AvgIpc) is 2.81. The first-order chi connectivity index (χ1) is 8.78. The molecule has 0 radical (unpaired) electrons. The highest BCUT2D eigenvalue weighted by atomic mass is 16.5. The molecule has 0 aliphatic carbocycles. The van der Waals surface area contributed by atoms with E-state index < -0.39 is 0 Å².